The van der Waals surface area contributed by atoms with Gasteiger partial charge in [0.2, 0.25) is 9.05 Å². The van der Waals surface area contributed by atoms with E-state index in [1.807, 2.05) is 0 Å². The molecule has 2 nitrogen and oxygen atoms in total. The fourth-order valence-corrected chi connectivity index (χ4v) is 5.61. The molecule has 4 heteroatoms. The number of rotatable bonds is 3. The summed E-state index contributed by atoms with van der Waals surface area (Å²) >= 11 is 0. The molecule has 4 aliphatic carbocycles. The van der Waals surface area contributed by atoms with E-state index in [-0.39, 0.29) is 5.75 Å². The van der Waals surface area contributed by atoms with Crippen LogP contribution in [0.15, 0.2) is 0 Å². The predicted octanol–water partition coefficient (Wildman–Crippen LogP) is 3.02. The fourth-order valence-electron chi connectivity index (χ4n) is 4.79. The van der Waals surface area contributed by atoms with Gasteiger partial charge in [0.25, 0.3) is 0 Å². The first kappa shape index (κ1) is 11.3. The van der Waals surface area contributed by atoms with Crippen LogP contribution >= 0.6 is 10.7 Å². The van der Waals surface area contributed by atoms with E-state index in [1.165, 1.54) is 32.1 Å². The van der Waals surface area contributed by atoms with E-state index in [0.717, 1.165) is 30.1 Å². The maximum absolute atomic E-state index is 11.0. The van der Waals surface area contributed by atoms with Gasteiger partial charge in [-0.3, -0.25) is 0 Å². The van der Waals surface area contributed by atoms with Crippen molar-refractivity contribution in [1.29, 1.82) is 0 Å². The highest BCUT2D eigenvalue weighted by Crippen LogP contribution is 2.57. The van der Waals surface area contributed by atoms with Gasteiger partial charge in [0, 0.05) is 10.7 Å². The molecule has 0 aliphatic heterocycles. The lowest BCUT2D eigenvalue weighted by Gasteiger charge is -2.54. The minimum atomic E-state index is -3.28. The molecular weight excluding hydrogens is 244 g/mol. The minimum absolute atomic E-state index is 0.182. The van der Waals surface area contributed by atoms with Gasteiger partial charge in [0.1, 0.15) is 0 Å². The first-order valence-electron chi connectivity index (χ1n) is 6.43. The summed E-state index contributed by atoms with van der Waals surface area (Å²) in [6.07, 6.45) is 7.70. The maximum atomic E-state index is 11.0. The first-order chi connectivity index (χ1) is 7.51. The Morgan fingerprint density at radius 3 is 1.88 bits per heavy atom. The summed E-state index contributed by atoms with van der Waals surface area (Å²) in [4.78, 5) is 0. The monoisotopic (exact) mass is 262 g/mol. The third kappa shape index (κ3) is 2.13. The predicted molar refractivity (Wildman–Crippen MR) is 64.8 cm³/mol. The molecule has 16 heavy (non-hydrogen) atoms. The summed E-state index contributed by atoms with van der Waals surface area (Å²) in [5, 5.41) is 0. The van der Waals surface area contributed by atoms with Crippen molar-refractivity contribution in [2.45, 2.75) is 38.5 Å². The van der Waals surface area contributed by atoms with Crippen molar-refractivity contribution in [2.75, 3.05) is 5.75 Å². The Bertz CT molecular complexity index is 348. The average molecular weight is 263 g/mol. The van der Waals surface area contributed by atoms with Crippen LogP contribution in [0.25, 0.3) is 0 Å². The Balaban J connectivity index is 1.68. The third-order valence-electron chi connectivity index (χ3n) is 5.12. The quantitative estimate of drug-likeness (QED) is 0.733. The van der Waals surface area contributed by atoms with Crippen molar-refractivity contribution in [2.24, 2.45) is 29.6 Å². The van der Waals surface area contributed by atoms with E-state index in [4.69, 9.17) is 10.7 Å². The van der Waals surface area contributed by atoms with Crippen LogP contribution in [0, 0.1) is 29.6 Å². The third-order valence-corrected chi connectivity index (χ3v) is 6.30. The van der Waals surface area contributed by atoms with Crippen LogP contribution in [0.4, 0.5) is 0 Å². The van der Waals surface area contributed by atoms with Crippen molar-refractivity contribution < 1.29 is 8.42 Å². The minimum Gasteiger partial charge on any atom is -0.212 e. The molecule has 0 atom stereocenters. The van der Waals surface area contributed by atoms with Crippen molar-refractivity contribution in [3.8, 4) is 0 Å². The number of hydrogen-bond donors (Lipinski definition) is 0. The lowest BCUT2D eigenvalue weighted by molar-refractivity contribution is -0.0372. The Labute approximate surface area is 102 Å². The Morgan fingerprint density at radius 2 is 1.44 bits per heavy atom. The zero-order valence-corrected chi connectivity index (χ0v) is 11.0. The van der Waals surface area contributed by atoms with Gasteiger partial charge in [-0.05, 0) is 68.1 Å². The molecule has 0 N–H and O–H groups in total. The van der Waals surface area contributed by atoms with Crippen LogP contribution in [0.3, 0.4) is 0 Å². The van der Waals surface area contributed by atoms with Gasteiger partial charge in [-0.15, -0.1) is 0 Å². The standard InChI is InChI=1S/C12H19ClO2S/c13-16(14,15)2-1-12-10-4-8-3-9(6-10)7-11(12)5-8/h8-12H,1-7H2. The maximum Gasteiger partial charge on any atom is 0.232 e. The molecule has 4 fully saturated rings. The van der Waals surface area contributed by atoms with Crippen LogP contribution in [0.2, 0.25) is 0 Å². The summed E-state index contributed by atoms with van der Waals surface area (Å²) < 4.78 is 22.1. The fraction of sp³-hybridized carbons (Fsp3) is 1.00. The van der Waals surface area contributed by atoms with E-state index < -0.39 is 9.05 Å². The second-order valence-electron chi connectivity index (χ2n) is 6.13. The molecule has 4 saturated carbocycles. The van der Waals surface area contributed by atoms with Gasteiger partial charge in [-0.2, -0.15) is 0 Å². The molecule has 0 aromatic rings. The molecule has 4 bridgehead atoms. The summed E-state index contributed by atoms with van der Waals surface area (Å²) in [5.74, 6) is 4.39. The molecule has 4 rings (SSSR count). The van der Waals surface area contributed by atoms with Crippen molar-refractivity contribution >= 4 is 19.7 Å². The molecule has 0 saturated heterocycles. The van der Waals surface area contributed by atoms with Gasteiger partial charge in [0.15, 0.2) is 0 Å². The van der Waals surface area contributed by atoms with Gasteiger partial charge in [0.05, 0.1) is 5.75 Å². The van der Waals surface area contributed by atoms with Crippen molar-refractivity contribution in [1.82, 2.24) is 0 Å². The SMILES string of the molecule is O=S(=O)(Cl)CCC1C2CC3CC(C2)CC1C3. The second-order valence-corrected chi connectivity index (χ2v) is 9.02. The lowest BCUT2D eigenvalue weighted by Crippen LogP contribution is -2.45. The molecule has 92 valence electrons. The topological polar surface area (TPSA) is 34.1 Å². The summed E-state index contributed by atoms with van der Waals surface area (Å²) in [6, 6.07) is 0. The highest BCUT2D eigenvalue weighted by Gasteiger charge is 2.47. The second kappa shape index (κ2) is 3.88. The summed E-state index contributed by atoms with van der Waals surface area (Å²) in [7, 11) is 2.03. The van der Waals surface area contributed by atoms with Crippen LogP contribution in [-0.4, -0.2) is 14.2 Å². The van der Waals surface area contributed by atoms with E-state index in [9.17, 15) is 8.42 Å². The normalized spacial score (nSPS) is 46.2. The van der Waals surface area contributed by atoms with Gasteiger partial charge >= 0.3 is 0 Å². The van der Waals surface area contributed by atoms with Crippen LogP contribution in [0.1, 0.15) is 38.5 Å². The molecule has 0 spiro atoms. The van der Waals surface area contributed by atoms with Crippen LogP contribution in [0.5, 0.6) is 0 Å². The van der Waals surface area contributed by atoms with Gasteiger partial charge in [-0.25, -0.2) is 8.42 Å². The molecule has 0 aromatic heterocycles. The molecular formula is C12H19ClO2S. The smallest absolute Gasteiger partial charge is 0.212 e. The zero-order chi connectivity index (χ0) is 11.3. The Morgan fingerprint density at radius 1 is 0.938 bits per heavy atom. The number of halogens is 1. The van der Waals surface area contributed by atoms with E-state index in [0.29, 0.717) is 5.92 Å². The largest absolute Gasteiger partial charge is 0.232 e. The van der Waals surface area contributed by atoms with Crippen molar-refractivity contribution in [3.05, 3.63) is 0 Å². The highest BCUT2D eigenvalue weighted by atomic mass is 35.7. The van der Waals surface area contributed by atoms with E-state index in [2.05, 4.69) is 0 Å². The van der Waals surface area contributed by atoms with Crippen molar-refractivity contribution in [3.63, 3.8) is 0 Å². The molecule has 0 aromatic carbocycles. The molecule has 4 aliphatic rings. The first-order valence-corrected chi connectivity index (χ1v) is 8.91. The summed E-state index contributed by atoms with van der Waals surface area (Å²) in [5.41, 5.74) is 0. The van der Waals surface area contributed by atoms with E-state index in [1.54, 1.807) is 0 Å². The van der Waals surface area contributed by atoms with E-state index >= 15 is 0 Å². The summed E-state index contributed by atoms with van der Waals surface area (Å²) in [6.45, 7) is 0. The molecule has 0 radical (unpaired) electrons. The molecule has 0 unspecified atom stereocenters. The Kier molecular flexibility index (Phi) is 2.75. The number of hydrogen-bond acceptors (Lipinski definition) is 2. The molecule has 0 amide bonds. The zero-order valence-electron chi connectivity index (χ0n) is 9.44. The van der Waals surface area contributed by atoms with Crippen LogP contribution in [-0.2, 0) is 9.05 Å². The average Bonchev–Trinajstić information content (AvgIpc) is 2.13. The van der Waals surface area contributed by atoms with Gasteiger partial charge < -0.3 is 0 Å². The highest BCUT2D eigenvalue weighted by molar-refractivity contribution is 8.13. The van der Waals surface area contributed by atoms with Crippen LogP contribution < -0.4 is 0 Å². The van der Waals surface area contributed by atoms with Gasteiger partial charge in [-0.1, -0.05) is 0 Å². The lowest BCUT2D eigenvalue weighted by atomic mass is 9.51. The molecule has 0 heterocycles. The Hall–Kier alpha value is 0.240.